The minimum Gasteiger partial charge on any atom is -0.406 e. The Bertz CT molecular complexity index is 410. The summed E-state index contributed by atoms with van der Waals surface area (Å²) in [4.78, 5) is 0. The highest BCUT2D eigenvalue weighted by Crippen LogP contribution is 2.23. The topological polar surface area (TPSA) is 44.5 Å². The first-order valence-electron chi connectivity index (χ1n) is 6.29. The molecule has 0 saturated heterocycles. The Kier molecular flexibility index (Phi) is 5.42. The van der Waals surface area contributed by atoms with E-state index in [-0.39, 0.29) is 17.4 Å². The fraction of sp³-hybridized carbons (Fsp3) is 0.571. The van der Waals surface area contributed by atoms with Crippen molar-refractivity contribution in [3.63, 3.8) is 0 Å². The molecule has 0 heterocycles. The molecular formula is C14H20F3NO2. The molecule has 0 fully saturated rings. The number of nitrogens with two attached hydrogens (primary N) is 1. The molecule has 0 bridgehead atoms. The van der Waals surface area contributed by atoms with Gasteiger partial charge in [-0.25, -0.2) is 0 Å². The number of halogens is 3. The fourth-order valence-corrected chi connectivity index (χ4v) is 1.55. The number of alkyl halides is 3. The van der Waals surface area contributed by atoms with Crippen LogP contribution in [0, 0.1) is 0 Å². The maximum Gasteiger partial charge on any atom is 0.573 e. The number of ether oxygens (including phenoxy) is 2. The van der Waals surface area contributed by atoms with Gasteiger partial charge in [-0.1, -0.05) is 12.1 Å². The SMILES string of the molecule is CC(C)(C)OCC(N)Cc1ccc(OC(F)(F)F)cc1. The quantitative estimate of drug-likeness (QED) is 0.905. The first-order chi connectivity index (χ1) is 9.05. The summed E-state index contributed by atoms with van der Waals surface area (Å²) in [6.45, 7) is 6.19. The second-order valence-electron chi connectivity index (χ2n) is 5.58. The van der Waals surface area contributed by atoms with E-state index < -0.39 is 6.36 Å². The summed E-state index contributed by atoms with van der Waals surface area (Å²) in [6, 6.07) is 5.49. The molecule has 0 aliphatic carbocycles. The Balaban J connectivity index is 2.49. The van der Waals surface area contributed by atoms with Crippen LogP contribution in [0.25, 0.3) is 0 Å². The van der Waals surface area contributed by atoms with Crippen LogP contribution in [-0.4, -0.2) is 24.6 Å². The first kappa shape index (κ1) is 16.8. The monoisotopic (exact) mass is 291 g/mol. The molecule has 0 amide bonds. The third kappa shape index (κ3) is 7.35. The number of hydrogen-bond donors (Lipinski definition) is 1. The van der Waals surface area contributed by atoms with E-state index in [4.69, 9.17) is 10.5 Å². The lowest BCUT2D eigenvalue weighted by atomic mass is 10.1. The molecule has 0 spiro atoms. The van der Waals surface area contributed by atoms with Gasteiger partial charge in [-0.05, 0) is 44.9 Å². The molecule has 1 unspecified atom stereocenters. The Morgan fingerprint density at radius 2 is 1.65 bits per heavy atom. The van der Waals surface area contributed by atoms with Crippen LogP contribution in [0.3, 0.4) is 0 Å². The zero-order chi connectivity index (χ0) is 15.4. The molecule has 0 saturated carbocycles. The Hall–Kier alpha value is -1.27. The Morgan fingerprint density at radius 3 is 2.10 bits per heavy atom. The van der Waals surface area contributed by atoms with Crippen LogP contribution in [0.1, 0.15) is 26.3 Å². The molecule has 114 valence electrons. The van der Waals surface area contributed by atoms with Crippen molar-refractivity contribution in [2.45, 2.75) is 45.2 Å². The van der Waals surface area contributed by atoms with Gasteiger partial charge in [-0.3, -0.25) is 0 Å². The molecule has 0 aliphatic heterocycles. The zero-order valence-corrected chi connectivity index (χ0v) is 11.8. The van der Waals surface area contributed by atoms with E-state index in [1.165, 1.54) is 12.1 Å². The van der Waals surface area contributed by atoms with Crippen molar-refractivity contribution < 1.29 is 22.6 Å². The molecule has 0 aliphatic rings. The van der Waals surface area contributed by atoms with Gasteiger partial charge in [0.25, 0.3) is 0 Å². The molecule has 1 rings (SSSR count). The summed E-state index contributed by atoms with van der Waals surface area (Å²) in [7, 11) is 0. The first-order valence-corrected chi connectivity index (χ1v) is 6.29. The van der Waals surface area contributed by atoms with E-state index in [1.807, 2.05) is 20.8 Å². The second kappa shape index (κ2) is 6.45. The van der Waals surface area contributed by atoms with Gasteiger partial charge in [-0.15, -0.1) is 13.2 Å². The minimum absolute atomic E-state index is 0.205. The normalized spacial score (nSPS) is 14.2. The van der Waals surface area contributed by atoms with Gasteiger partial charge >= 0.3 is 6.36 Å². The van der Waals surface area contributed by atoms with Crippen LogP contribution >= 0.6 is 0 Å². The van der Waals surface area contributed by atoms with Crippen molar-refractivity contribution in [2.24, 2.45) is 5.73 Å². The van der Waals surface area contributed by atoms with Crippen molar-refractivity contribution in [1.29, 1.82) is 0 Å². The lowest BCUT2D eigenvalue weighted by Crippen LogP contribution is -2.33. The van der Waals surface area contributed by atoms with Crippen molar-refractivity contribution in [3.8, 4) is 5.75 Å². The van der Waals surface area contributed by atoms with Crippen molar-refractivity contribution >= 4 is 0 Å². The maximum atomic E-state index is 12.0. The average molecular weight is 291 g/mol. The van der Waals surface area contributed by atoms with Crippen molar-refractivity contribution in [3.05, 3.63) is 29.8 Å². The second-order valence-corrected chi connectivity index (χ2v) is 5.58. The van der Waals surface area contributed by atoms with Gasteiger partial charge in [-0.2, -0.15) is 0 Å². The van der Waals surface area contributed by atoms with E-state index in [0.29, 0.717) is 13.0 Å². The van der Waals surface area contributed by atoms with Crippen LogP contribution in [0.4, 0.5) is 13.2 Å². The summed E-state index contributed by atoms with van der Waals surface area (Å²) in [5, 5.41) is 0. The third-order valence-corrected chi connectivity index (χ3v) is 2.39. The average Bonchev–Trinajstić information content (AvgIpc) is 2.26. The van der Waals surface area contributed by atoms with E-state index in [2.05, 4.69) is 4.74 Å². The van der Waals surface area contributed by atoms with Gasteiger partial charge in [0.05, 0.1) is 12.2 Å². The molecule has 1 aromatic rings. The molecular weight excluding hydrogens is 271 g/mol. The molecule has 3 nitrogen and oxygen atoms in total. The highest BCUT2D eigenvalue weighted by molar-refractivity contribution is 5.27. The summed E-state index contributed by atoms with van der Waals surface area (Å²) in [5.74, 6) is -0.235. The summed E-state index contributed by atoms with van der Waals surface area (Å²) < 4.78 is 45.4. The molecule has 1 aromatic carbocycles. The van der Waals surface area contributed by atoms with Gasteiger partial charge in [0.15, 0.2) is 0 Å². The van der Waals surface area contributed by atoms with Crippen LogP contribution in [0.2, 0.25) is 0 Å². The fourth-order valence-electron chi connectivity index (χ4n) is 1.55. The van der Waals surface area contributed by atoms with Crippen LogP contribution < -0.4 is 10.5 Å². The maximum absolute atomic E-state index is 12.0. The summed E-state index contributed by atoms with van der Waals surface area (Å²) in [6.07, 6.45) is -4.14. The lowest BCUT2D eigenvalue weighted by molar-refractivity contribution is -0.274. The molecule has 20 heavy (non-hydrogen) atoms. The van der Waals surface area contributed by atoms with Gasteiger partial charge in [0, 0.05) is 6.04 Å². The van der Waals surface area contributed by atoms with Crippen LogP contribution in [0.5, 0.6) is 5.75 Å². The Labute approximate surface area is 116 Å². The standard InChI is InChI=1S/C14H20F3NO2/c1-13(2,3)19-9-11(18)8-10-4-6-12(7-5-10)20-14(15,16)17/h4-7,11H,8-9,18H2,1-3H3. The Morgan fingerprint density at radius 1 is 1.10 bits per heavy atom. The van der Waals surface area contributed by atoms with E-state index >= 15 is 0 Å². The highest BCUT2D eigenvalue weighted by atomic mass is 19.4. The molecule has 0 aromatic heterocycles. The predicted octanol–water partition coefficient (Wildman–Crippen LogP) is 3.27. The van der Waals surface area contributed by atoms with Gasteiger partial charge in [0.2, 0.25) is 0 Å². The predicted molar refractivity (Wildman–Crippen MR) is 70.5 cm³/mol. The largest absolute Gasteiger partial charge is 0.573 e. The summed E-state index contributed by atoms with van der Waals surface area (Å²) in [5.41, 5.74) is 6.49. The molecule has 6 heteroatoms. The summed E-state index contributed by atoms with van der Waals surface area (Å²) >= 11 is 0. The van der Waals surface area contributed by atoms with E-state index in [1.54, 1.807) is 12.1 Å². The lowest BCUT2D eigenvalue weighted by Gasteiger charge is -2.22. The zero-order valence-electron chi connectivity index (χ0n) is 11.8. The molecule has 0 radical (unpaired) electrons. The minimum atomic E-state index is -4.67. The number of rotatable bonds is 5. The molecule has 1 atom stereocenters. The van der Waals surface area contributed by atoms with E-state index in [0.717, 1.165) is 5.56 Å². The van der Waals surface area contributed by atoms with E-state index in [9.17, 15) is 13.2 Å². The smallest absolute Gasteiger partial charge is 0.406 e. The third-order valence-electron chi connectivity index (χ3n) is 2.39. The van der Waals surface area contributed by atoms with Gasteiger partial charge in [0.1, 0.15) is 5.75 Å². The molecule has 2 N–H and O–H groups in total. The number of hydrogen-bond acceptors (Lipinski definition) is 3. The van der Waals surface area contributed by atoms with Crippen LogP contribution in [-0.2, 0) is 11.2 Å². The highest BCUT2D eigenvalue weighted by Gasteiger charge is 2.30. The number of benzene rings is 1. The van der Waals surface area contributed by atoms with Crippen LogP contribution in [0.15, 0.2) is 24.3 Å². The van der Waals surface area contributed by atoms with Crippen molar-refractivity contribution in [1.82, 2.24) is 0 Å². The van der Waals surface area contributed by atoms with Gasteiger partial charge < -0.3 is 15.2 Å². The van der Waals surface area contributed by atoms with Crippen molar-refractivity contribution in [2.75, 3.05) is 6.61 Å².